The van der Waals surface area contributed by atoms with E-state index >= 15 is 0 Å². The highest BCUT2D eigenvalue weighted by Gasteiger charge is 1.97. The largest absolute Gasteiger partial charge is 0.264 e. The van der Waals surface area contributed by atoms with E-state index in [0.29, 0.717) is 5.15 Å². The molecule has 2 aromatic heterocycles. The molecule has 5 heteroatoms. The van der Waals surface area contributed by atoms with Crippen LogP contribution < -0.4 is 0 Å². The summed E-state index contributed by atoms with van der Waals surface area (Å²) in [5.74, 6) is 0. The normalized spacial score (nSPS) is 9.42. The van der Waals surface area contributed by atoms with Crippen LogP contribution in [0.25, 0.3) is 10.9 Å². The minimum Gasteiger partial charge on any atom is -0.264 e. The number of fused-ring (bicyclic) bond motifs is 1. The summed E-state index contributed by atoms with van der Waals surface area (Å²) in [4.78, 5) is 11.7. The maximum absolute atomic E-state index is 5.77. The second-order valence-electron chi connectivity index (χ2n) is 2.06. The number of nitrogens with zero attached hydrogens (tertiary/aromatic N) is 3. The van der Waals surface area contributed by atoms with Crippen molar-refractivity contribution in [3.05, 3.63) is 29.9 Å². The van der Waals surface area contributed by atoms with Crippen molar-refractivity contribution < 1.29 is 0 Å². The molecule has 0 amide bonds. The molecule has 0 saturated heterocycles. The molecule has 2 heterocycles. The molecule has 0 aromatic carbocycles. The number of hydrogen-bond donors (Lipinski definition) is 0. The summed E-state index contributed by atoms with van der Waals surface area (Å²) in [7, 11) is 0. The second kappa shape index (κ2) is 3.65. The zero-order valence-electron chi connectivity index (χ0n) is 5.94. The van der Waals surface area contributed by atoms with Gasteiger partial charge >= 0.3 is 0 Å². The first-order valence-electron chi connectivity index (χ1n) is 3.08. The molecule has 0 radical (unpaired) electrons. The standard InChI is InChI=1S/C7H4ClN3.ClH/c8-7-5-3-9-2-1-6(5)10-4-11-7;/h1-4H;1H. The number of hydrogen-bond acceptors (Lipinski definition) is 3. The van der Waals surface area contributed by atoms with E-state index in [1.54, 1.807) is 18.5 Å². The molecular formula is C7H5Cl2N3. The second-order valence-corrected chi connectivity index (χ2v) is 2.42. The molecule has 0 bridgehead atoms. The van der Waals surface area contributed by atoms with Crippen LogP contribution in [0.15, 0.2) is 24.8 Å². The fourth-order valence-electron chi connectivity index (χ4n) is 0.870. The van der Waals surface area contributed by atoms with Crippen molar-refractivity contribution in [2.24, 2.45) is 0 Å². The van der Waals surface area contributed by atoms with E-state index in [9.17, 15) is 0 Å². The highest BCUT2D eigenvalue weighted by atomic mass is 35.5. The third-order valence-corrected chi connectivity index (χ3v) is 1.69. The van der Waals surface area contributed by atoms with Crippen molar-refractivity contribution in [1.82, 2.24) is 15.0 Å². The molecule has 0 N–H and O–H groups in total. The van der Waals surface area contributed by atoms with E-state index in [-0.39, 0.29) is 12.4 Å². The van der Waals surface area contributed by atoms with Crippen molar-refractivity contribution >= 4 is 34.9 Å². The Morgan fingerprint density at radius 1 is 1.25 bits per heavy atom. The molecular weight excluding hydrogens is 197 g/mol. The molecule has 0 aliphatic rings. The third-order valence-electron chi connectivity index (χ3n) is 1.39. The average Bonchev–Trinajstić information content (AvgIpc) is 2.06. The van der Waals surface area contributed by atoms with E-state index in [1.807, 2.05) is 0 Å². The molecule has 2 rings (SSSR count). The summed E-state index contributed by atoms with van der Waals surface area (Å²) in [6.07, 6.45) is 4.76. The Bertz CT molecular complexity index is 386. The maximum atomic E-state index is 5.77. The molecule has 0 unspecified atom stereocenters. The summed E-state index contributed by atoms with van der Waals surface area (Å²) in [5, 5.41) is 1.24. The summed E-state index contributed by atoms with van der Waals surface area (Å²) in [6, 6.07) is 1.79. The zero-order valence-corrected chi connectivity index (χ0v) is 7.51. The Kier molecular flexibility index (Phi) is 2.78. The third kappa shape index (κ3) is 1.47. The highest BCUT2D eigenvalue weighted by molar-refractivity contribution is 6.33. The highest BCUT2D eigenvalue weighted by Crippen LogP contribution is 2.16. The van der Waals surface area contributed by atoms with Crippen LogP contribution in [0.2, 0.25) is 5.15 Å². The van der Waals surface area contributed by atoms with Crippen molar-refractivity contribution in [3.63, 3.8) is 0 Å². The van der Waals surface area contributed by atoms with Crippen LogP contribution in [0.5, 0.6) is 0 Å². The smallest absolute Gasteiger partial charge is 0.141 e. The van der Waals surface area contributed by atoms with Gasteiger partial charge in [-0.25, -0.2) is 9.97 Å². The van der Waals surface area contributed by atoms with Crippen LogP contribution in [0, 0.1) is 0 Å². The van der Waals surface area contributed by atoms with Gasteiger partial charge < -0.3 is 0 Å². The molecule has 0 aliphatic heterocycles. The van der Waals surface area contributed by atoms with Gasteiger partial charge in [-0.15, -0.1) is 12.4 Å². The van der Waals surface area contributed by atoms with Crippen molar-refractivity contribution in [3.8, 4) is 0 Å². The van der Waals surface area contributed by atoms with Crippen LogP contribution in [0.1, 0.15) is 0 Å². The van der Waals surface area contributed by atoms with Gasteiger partial charge in [-0.3, -0.25) is 4.98 Å². The molecule has 0 atom stereocenters. The van der Waals surface area contributed by atoms with E-state index in [4.69, 9.17) is 11.6 Å². The Hall–Kier alpha value is -0.930. The van der Waals surface area contributed by atoms with Crippen LogP contribution >= 0.6 is 24.0 Å². The predicted molar refractivity (Wildman–Crippen MR) is 49.6 cm³/mol. The van der Waals surface area contributed by atoms with Crippen molar-refractivity contribution in [2.75, 3.05) is 0 Å². The van der Waals surface area contributed by atoms with Gasteiger partial charge in [0.15, 0.2) is 0 Å². The molecule has 0 aliphatic carbocycles. The lowest BCUT2D eigenvalue weighted by molar-refractivity contribution is 1.21. The Morgan fingerprint density at radius 2 is 2.08 bits per heavy atom. The van der Waals surface area contributed by atoms with E-state index in [0.717, 1.165) is 10.9 Å². The number of aromatic nitrogens is 3. The lowest BCUT2D eigenvalue weighted by Gasteiger charge is -1.94. The minimum atomic E-state index is 0. The topological polar surface area (TPSA) is 38.7 Å². The van der Waals surface area contributed by atoms with Gasteiger partial charge in [0.1, 0.15) is 11.5 Å². The number of rotatable bonds is 0. The fraction of sp³-hybridized carbons (Fsp3) is 0. The summed E-state index contributed by atoms with van der Waals surface area (Å²) < 4.78 is 0. The quantitative estimate of drug-likeness (QED) is 0.614. The summed E-state index contributed by atoms with van der Waals surface area (Å²) in [5.41, 5.74) is 0.819. The first-order valence-corrected chi connectivity index (χ1v) is 3.46. The van der Waals surface area contributed by atoms with Gasteiger partial charge in [-0.1, -0.05) is 11.6 Å². The van der Waals surface area contributed by atoms with Gasteiger partial charge in [0.25, 0.3) is 0 Å². The predicted octanol–water partition coefficient (Wildman–Crippen LogP) is 2.10. The summed E-state index contributed by atoms with van der Waals surface area (Å²) >= 11 is 5.77. The molecule has 3 nitrogen and oxygen atoms in total. The molecule has 12 heavy (non-hydrogen) atoms. The maximum Gasteiger partial charge on any atom is 0.141 e. The van der Waals surface area contributed by atoms with Crippen LogP contribution in [0.3, 0.4) is 0 Å². The SMILES string of the molecule is Cl.Clc1ncnc2ccncc12. The lowest BCUT2D eigenvalue weighted by Crippen LogP contribution is -1.83. The van der Waals surface area contributed by atoms with Gasteiger partial charge in [0, 0.05) is 12.4 Å². The van der Waals surface area contributed by atoms with Gasteiger partial charge in [0.05, 0.1) is 10.9 Å². The van der Waals surface area contributed by atoms with Crippen LogP contribution in [0.4, 0.5) is 0 Å². The van der Waals surface area contributed by atoms with Crippen molar-refractivity contribution in [2.45, 2.75) is 0 Å². The molecule has 0 spiro atoms. The molecule has 0 fully saturated rings. The number of pyridine rings is 1. The average molecular weight is 202 g/mol. The van der Waals surface area contributed by atoms with Crippen molar-refractivity contribution in [1.29, 1.82) is 0 Å². The molecule has 0 saturated carbocycles. The number of halogens is 2. The lowest BCUT2D eigenvalue weighted by atomic mass is 10.3. The summed E-state index contributed by atoms with van der Waals surface area (Å²) in [6.45, 7) is 0. The molecule has 62 valence electrons. The first-order chi connectivity index (χ1) is 5.38. The monoisotopic (exact) mass is 201 g/mol. The van der Waals surface area contributed by atoms with E-state index in [1.165, 1.54) is 6.33 Å². The van der Waals surface area contributed by atoms with Crippen LogP contribution in [-0.2, 0) is 0 Å². The van der Waals surface area contributed by atoms with Gasteiger partial charge in [0.2, 0.25) is 0 Å². The first kappa shape index (κ1) is 9.16. The zero-order chi connectivity index (χ0) is 7.68. The Morgan fingerprint density at radius 3 is 2.83 bits per heavy atom. The van der Waals surface area contributed by atoms with E-state index in [2.05, 4.69) is 15.0 Å². The van der Waals surface area contributed by atoms with Gasteiger partial charge in [-0.05, 0) is 6.07 Å². The fourth-order valence-corrected chi connectivity index (χ4v) is 1.06. The Labute approximate surface area is 80.2 Å². The van der Waals surface area contributed by atoms with Crippen LogP contribution in [-0.4, -0.2) is 15.0 Å². The minimum absolute atomic E-state index is 0. The van der Waals surface area contributed by atoms with Gasteiger partial charge in [-0.2, -0.15) is 0 Å². The molecule has 2 aromatic rings. The Balaban J connectivity index is 0.000000720. The van der Waals surface area contributed by atoms with E-state index < -0.39 is 0 Å².